The van der Waals surface area contributed by atoms with Crippen LogP contribution in [-0.2, 0) is 0 Å². The van der Waals surface area contributed by atoms with Crippen LogP contribution in [0.1, 0.15) is 35.9 Å². The number of hydrogen-bond acceptors (Lipinski definition) is 4. The lowest BCUT2D eigenvalue weighted by molar-refractivity contribution is 0.0652. The molecule has 0 aromatic carbocycles. The van der Waals surface area contributed by atoms with Crippen molar-refractivity contribution in [2.24, 2.45) is 0 Å². The summed E-state index contributed by atoms with van der Waals surface area (Å²) >= 11 is 0. The summed E-state index contributed by atoms with van der Waals surface area (Å²) in [5, 5.41) is 0. The average molecular weight is 330 g/mol. The highest BCUT2D eigenvalue weighted by molar-refractivity contribution is 5.95. The van der Waals surface area contributed by atoms with E-state index in [0.29, 0.717) is 23.7 Å². The topological polar surface area (TPSA) is 50.1 Å². The number of pyridine rings is 1. The Morgan fingerprint density at radius 1 is 1.42 bits per heavy atom. The molecule has 24 heavy (non-hydrogen) atoms. The van der Waals surface area contributed by atoms with E-state index in [2.05, 4.69) is 16.9 Å². The summed E-state index contributed by atoms with van der Waals surface area (Å²) < 4.78 is 7.50. The van der Waals surface area contributed by atoms with E-state index in [1.807, 2.05) is 48.5 Å². The Morgan fingerprint density at radius 2 is 2.12 bits per heavy atom. The van der Waals surface area contributed by atoms with E-state index in [9.17, 15) is 4.79 Å². The molecule has 1 amide bonds. The number of likely N-dealkylation sites (tertiary alicyclic amines) is 1. The fourth-order valence-corrected chi connectivity index (χ4v) is 3.40. The van der Waals surface area contributed by atoms with E-state index in [1.165, 1.54) is 0 Å². The Morgan fingerprint density at radius 3 is 2.79 bits per heavy atom. The molecule has 6 heteroatoms. The number of aryl methyl sites for hydroxylation is 1. The van der Waals surface area contributed by atoms with Crippen molar-refractivity contribution < 1.29 is 9.53 Å². The van der Waals surface area contributed by atoms with Gasteiger partial charge >= 0.3 is 0 Å². The first-order valence-corrected chi connectivity index (χ1v) is 8.59. The van der Waals surface area contributed by atoms with Crippen LogP contribution >= 0.6 is 0 Å². The maximum Gasteiger partial charge on any atom is 0.272 e. The first-order chi connectivity index (χ1) is 11.5. The van der Waals surface area contributed by atoms with Crippen molar-refractivity contribution in [1.29, 1.82) is 0 Å². The Kier molecular flexibility index (Phi) is 4.76. The van der Waals surface area contributed by atoms with Gasteiger partial charge in [-0.1, -0.05) is 0 Å². The van der Waals surface area contributed by atoms with Crippen LogP contribution in [0.25, 0.3) is 5.65 Å². The predicted molar refractivity (Wildman–Crippen MR) is 93.7 cm³/mol. The van der Waals surface area contributed by atoms with Crippen LogP contribution in [-0.4, -0.2) is 64.9 Å². The van der Waals surface area contributed by atoms with Crippen molar-refractivity contribution in [2.45, 2.75) is 32.7 Å². The van der Waals surface area contributed by atoms with Crippen molar-refractivity contribution in [3.8, 4) is 5.75 Å². The number of carbonyl (C=O) groups is 1. The zero-order chi connectivity index (χ0) is 17.3. The quantitative estimate of drug-likeness (QED) is 0.862. The van der Waals surface area contributed by atoms with Crippen molar-refractivity contribution in [3.63, 3.8) is 0 Å². The molecule has 1 saturated heterocycles. The smallest absolute Gasteiger partial charge is 0.272 e. The van der Waals surface area contributed by atoms with E-state index < -0.39 is 0 Å². The number of nitrogens with zero attached hydrogens (tertiary/aromatic N) is 4. The van der Waals surface area contributed by atoms with Crippen molar-refractivity contribution in [1.82, 2.24) is 19.2 Å². The second-order valence-corrected chi connectivity index (χ2v) is 6.50. The van der Waals surface area contributed by atoms with Gasteiger partial charge in [-0.2, -0.15) is 0 Å². The lowest BCUT2D eigenvalue weighted by Gasteiger charge is -2.35. The molecule has 0 bridgehead atoms. The van der Waals surface area contributed by atoms with Gasteiger partial charge in [-0.05, 0) is 59.0 Å². The highest BCUT2D eigenvalue weighted by atomic mass is 16.5. The molecule has 1 fully saturated rings. The molecule has 3 rings (SSSR count). The molecule has 0 aliphatic carbocycles. The number of fused-ring (bicyclic) bond motifs is 1. The predicted octanol–water partition coefficient (Wildman–Crippen LogP) is 2.21. The van der Waals surface area contributed by atoms with Crippen LogP contribution in [0, 0.1) is 6.92 Å². The zero-order valence-corrected chi connectivity index (χ0v) is 15.0. The van der Waals surface area contributed by atoms with E-state index in [1.54, 1.807) is 0 Å². The van der Waals surface area contributed by atoms with Crippen LogP contribution in [0.3, 0.4) is 0 Å². The molecule has 0 atom stereocenters. The minimum atomic E-state index is 0.0307. The third-order valence-electron chi connectivity index (χ3n) is 4.85. The number of ether oxygens (including phenoxy) is 1. The molecule has 2 aromatic heterocycles. The molecular formula is C18H26N4O2. The van der Waals surface area contributed by atoms with E-state index in [0.717, 1.165) is 31.6 Å². The normalized spacial score (nSPS) is 16.5. The largest absolute Gasteiger partial charge is 0.490 e. The van der Waals surface area contributed by atoms with Gasteiger partial charge in [0.2, 0.25) is 0 Å². The first-order valence-electron chi connectivity index (χ1n) is 8.59. The SMILES string of the molecule is CCOc1cccn2c(C(=O)N(C)C3CCN(C)CC3)c(C)nc12. The standard InChI is InChI=1S/C18H26N4O2/c1-5-24-15-7-6-10-22-16(13(2)19-17(15)22)18(23)21(4)14-8-11-20(3)12-9-14/h6-7,10,14H,5,8-9,11-12H2,1-4H3. The second-order valence-electron chi connectivity index (χ2n) is 6.50. The molecule has 1 aliphatic rings. The minimum Gasteiger partial charge on any atom is -0.490 e. The maximum atomic E-state index is 13.1. The van der Waals surface area contributed by atoms with E-state index in [-0.39, 0.29) is 11.9 Å². The Labute approximate surface area is 143 Å². The van der Waals surface area contributed by atoms with Crippen LogP contribution in [0.2, 0.25) is 0 Å². The summed E-state index contributed by atoms with van der Waals surface area (Å²) in [4.78, 5) is 21.9. The first kappa shape index (κ1) is 16.8. The Balaban J connectivity index is 1.92. The van der Waals surface area contributed by atoms with Gasteiger partial charge in [-0.25, -0.2) is 4.98 Å². The van der Waals surface area contributed by atoms with Gasteiger partial charge in [0.25, 0.3) is 5.91 Å². The monoisotopic (exact) mass is 330 g/mol. The Hall–Kier alpha value is -2.08. The van der Waals surface area contributed by atoms with E-state index in [4.69, 9.17) is 4.74 Å². The summed E-state index contributed by atoms with van der Waals surface area (Å²) in [6.45, 7) is 6.47. The van der Waals surface area contributed by atoms with Gasteiger partial charge in [0, 0.05) is 19.3 Å². The number of amides is 1. The van der Waals surface area contributed by atoms with Crippen LogP contribution in [0.15, 0.2) is 18.3 Å². The van der Waals surface area contributed by atoms with Crippen LogP contribution in [0.5, 0.6) is 5.75 Å². The summed E-state index contributed by atoms with van der Waals surface area (Å²) in [6, 6.07) is 4.07. The molecule has 2 aromatic rings. The second kappa shape index (κ2) is 6.81. The van der Waals surface area contributed by atoms with Gasteiger partial charge in [0.05, 0.1) is 12.3 Å². The molecule has 1 aliphatic heterocycles. The number of aromatic nitrogens is 2. The highest BCUT2D eigenvalue weighted by Crippen LogP contribution is 2.24. The zero-order valence-electron chi connectivity index (χ0n) is 15.0. The van der Waals surface area contributed by atoms with Gasteiger partial charge in [0.15, 0.2) is 11.4 Å². The van der Waals surface area contributed by atoms with Gasteiger partial charge in [-0.3, -0.25) is 9.20 Å². The summed E-state index contributed by atoms with van der Waals surface area (Å²) in [7, 11) is 4.03. The molecule has 0 saturated carbocycles. The molecule has 0 radical (unpaired) electrons. The summed E-state index contributed by atoms with van der Waals surface area (Å²) in [6.07, 6.45) is 3.91. The summed E-state index contributed by atoms with van der Waals surface area (Å²) in [5.41, 5.74) is 2.08. The van der Waals surface area contributed by atoms with Crippen molar-refractivity contribution in [3.05, 3.63) is 29.7 Å². The molecule has 6 nitrogen and oxygen atoms in total. The molecule has 0 spiro atoms. The third-order valence-corrected chi connectivity index (χ3v) is 4.85. The molecule has 130 valence electrons. The average Bonchev–Trinajstić information content (AvgIpc) is 2.91. The fraction of sp³-hybridized carbons (Fsp3) is 0.556. The Bertz CT molecular complexity index is 732. The lowest BCUT2D eigenvalue weighted by atomic mass is 10.0. The molecule has 3 heterocycles. The maximum absolute atomic E-state index is 13.1. The number of hydrogen-bond donors (Lipinski definition) is 0. The number of piperidine rings is 1. The van der Waals surface area contributed by atoms with Crippen LogP contribution in [0.4, 0.5) is 0 Å². The lowest BCUT2D eigenvalue weighted by Crippen LogP contribution is -2.44. The van der Waals surface area contributed by atoms with Gasteiger partial charge in [-0.15, -0.1) is 0 Å². The fourth-order valence-electron chi connectivity index (χ4n) is 3.40. The summed E-state index contributed by atoms with van der Waals surface area (Å²) in [5.74, 6) is 0.743. The molecule has 0 N–H and O–H groups in total. The van der Waals surface area contributed by atoms with Crippen molar-refractivity contribution in [2.75, 3.05) is 33.8 Å². The minimum absolute atomic E-state index is 0.0307. The van der Waals surface area contributed by atoms with Crippen molar-refractivity contribution >= 4 is 11.6 Å². The molecule has 0 unspecified atom stereocenters. The number of rotatable bonds is 4. The number of imidazole rings is 1. The van der Waals surface area contributed by atoms with Crippen LogP contribution < -0.4 is 4.74 Å². The molecular weight excluding hydrogens is 304 g/mol. The third kappa shape index (κ3) is 2.98. The number of carbonyl (C=O) groups excluding carboxylic acids is 1. The van der Waals surface area contributed by atoms with E-state index >= 15 is 0 Å². The highest BCUT2D eigenvalue weighted by Gasteiger charge is 2.28. The van der Waals surface area contributed by atoms with Gasteiger partial charge in [0.1, 0.15) is 5.69 Å². The van der Waals surface area contributed by atoms with Gasteiger partial charge < -0.3 is 14.5 Å².